The van der Waals surface area contributed by atoms with E-state index in [1.54, 1.807) is 0 Å². The topological polar surface area (TPSA) is 58.1 Å². The number of anilines is 1. The van der Waals surface area contributed by atoms with Crippen LogP contribution in [0.25, 0.3) is 0 Å². The van der Waals surface area contributed by atoms with Gasteiger partial charge < -0.3 is 10.2 Å². The predicted octanol–water partition coefficient (Wildman–Crippen LogP) is 4.53. The van der Waals surface area contributed by atoms with Crippen molar-refractivity contribution in [1.29, 1.82) is 0 Å². The highest BCUT2D eigenvalue weighted by atomic mass is 32.1. The first kappa shape index (κ1) is 20.5. The third kappa shape index (κ3) is 5.05. The molecule has 0 radical (unpaired) electrons. The number of piperidine rings is 1. The van der Waals surface area contributed by atoms with Gasteiger partial charge in [0.05, 0.1) is 6.04 Å². The van der Waals surface area contributed by atoms with E-state index in [1.165, 1.54) is 22.7 Å². The summed E-state index contributed by atoms with van der Waals surface area (Å²) in [6.07, 6.45) is 2.45. The smallest absolute Gasteiger partial charge is 0.223 e. The Bertz CT molecular complexity index is 962. The fourth-order valence-electron chi connectivity index (χ4n) is 3.82. The van der Waals surface area contributed by atoms with Crippen LogP contribution >= 0.6 is 11.5 Å². The van der Waals surface area contributed by atoms with Gasteiger partial charge in [-0.05, 0) is 37.8 Å². The highest BCUT2D eigenvalue weighted by Gasteiger charge is 2.27. The fourth-order valence-corrected chi connectivity index (χ4v) is 4.56. The van der Waals surface area contributed by atoms with Crippen LogP contribution in [-0.2, 0) is 11.2 Å². The summed E-state index contributed by atoms with van der Waals surface area (Å²) in [6.45, 7) is 5.82. The highest BCUT2D eigenvalue weighted by molar-refractivity contribution is 7.09. The molecule has 156 valence electrons. The van der Waals surface area contributed by atoms with Gasteiger partial charge >= 0.3 is 0 Å². The Morgan fingerprint density at radius 1 is 1.13 bits per heavy atom. The van der Waals surface area contributed by atoms with Crippen LogP contribution in [0.5, 0.6) is 0 Å². The molecule has 3 aromatic rings. The second-order valence-corrected chi connectivity index (χ2v) is 8.79. The molecule has 0 aliphatic carbocycles. The summed E-state index contributed by atoms with van der Waals surface area (Å²) < 4.78 is 4.55. The van der Waals surface area contributed by atoms with Gasteiger partial charge in [0.2, 0.25) is 11.0 Å². The fraction of sp³-hybridized carbons (Fsp3) is 0.375. The molecule has 1 fully saturated rings. The maximum Gasteiger partial charge on any atom is 0.223 e. The Morgan fingerprint density at radius 3 is 2.53 bits per heavy atom. The molecule has 2 aromatic carbocycles. The van der Waals surface area contributed by atoms with Crippen LogP contribution < -0.4 is 10.2 Å². The predicted molar refractivity (Wildman–Crippen MR) is 122 cm³/mol. The minimum absolute atomic E-state index is 0.0317. The minimum atomic E-state index is 0.0317. The molecule has 30 heavy (non-hydrogen) atoms. The standard InChI is InChI=1S/C24H28N4OS/c1-17-8-10-19(11-9-17)16-22-26-24(30-27-22)28-14-12-21(13-15-28)23(29)25-18(2)20-6-4-3-5-7-20/h3-11,18,21H,12-16H2,1-2H3,(H,25,29). The van der Waals surface area contributed by atoms with Crippen molar-refractivity contribution in [3.8, 4) is 0 Å². The van der Waals surface area contributed by atoms with Gasteiger partial charge in [0.15, 0.2) is 0 Å². The van der Waals surface area contributed by atoms with Crippen molar-refractivity contribution >= 4 is 22.6 Å². The Hall–Kier alpha value is -2.73. The van der Waals surface area contributed by atoms with E-state index in [9.17, 15) is 4.79 Å². The van der Waals surface area contributed by atoms with Gasteiger partial charge in [-0.25, -0.2) is 4.98 Å². The lowest BCUT2D eigenvalue weighted by atomic mass is 9.95. The maximum atomic E-state index is 12.7. The van der Waals surface area contributed by atoms with Crippen LogP contribution in [0.2, 0.25) is 0 Å². The van der Waals surface area contributed by atoms with Gasteiger partial charge in [-0.3, -0.25) is 4.79 Å². The van der Waals surface area contributed by atoms with Gasteiger partial charge in [-0.1, -0.05) is 60.2 Å². The number of amides is 1. The van der Waals surface area contributed by atoms with E-state index in [4.69, 9.17) is 4.98 Å². The zero-order valence-electron chi connectivity index (χ0n) is 17.5. The molecule has 4 rings (SSSR count). The first-order valence-corrected chi connectivity index (χ1v) is 11.3. The van der Waals surface area contributed by atoms with Gasteiger partial charge in [-0.15, -0.1) is 0 Å². The lowest BCUT2D eigenvalue weighted by Gasteiger charge is -2.31. The lowest BCUT2D eigenvalue weighted by Crippen LogP contribution is -2.41. The van der Waals surface area contributed by atoms with Crippen molar-refractivity contribution < 1.29 is 4.79 Å². The summed E-state index contributed by atoms with van der Waals surface area (Å²) in [6, 6.07) is 18.7. The summed E-state index contributed by atoms with van der Waals surface area (Å²) in [5.41, 5.74) is 3.63. The summed E-state index contributed by atoms with van der Waals surface area (Å²) in [7, 11) is 0. The highest BCUT2D eigenvalue weighted by Crippen LogP contribution is 2.26. The molecule has 1 atom stereocenters. The molecular formula is C24H28N4OS. The lowest BCUT2D eigenvalue weighted by molar-refractivity contribution is -0.126. The molecule has 1 unspecified atom stereocenters. The van der Waals surface area contributed by atoms with E-state index >= 15 is 0 Å². The number of hydrogen-bond donors (Lipinski definition) is 1. The Balaban J connectivity index is 1.28. The summed E-state index contributed by atoms with van der Waals surface area (Å²) in [5, 5.41) is 4.14. The maximum absolute atomic E-state index is 12.7. The van der Waals surface area contributed by atoms with Crippen LogP contribution in [0.4, 0.5) is 5.13 Å². The molecule has 1 saturated heterocycles. The number of aromatic nitrogens is 2. The largest absolute Gasteiger partial charge is 0.349 e. The molecule has 0 saturated carbocycles. The van der Waals surface area contributed by atoms with Crippen LogP contribution in [0, 0.1) is 12.8 Å². The molecule has 5 nitrogen and oxygen atoms in total. The zero-order chi connectivity index (χ0) is 20.9. The van der Waals surface area contributed by atoms with Gasteiger partial charge in [0.1, 0.15) is 5.82 Å². The van der Waals surface area contributed by atoms with Crippen molar-refractivity contribution in [2.45, 2.75) is 39.2 Å². The van der Waals surface area contributed by atoms with Crippen LogP contribution in [0.3, 0.4) is 0 Å². The monoisotopic (exact) mass is 420 g/mol. The molecule has 0 bridgehead atoms. The number of carbonyl (C=O) groups is 1. The van der Waals surface area contributed by atoms with Crippen LogP contribution in [-0.4, -0.2) is 28.4 Å². The molecule has 1 aliphatic heterocycles. The molecule has 1 aromatic heterocycles. The number of nitrogens with one attached hydrogen (secondary N) is 1. The quantitative estimate of drug-likeness (QED) is 0.636. The van der Waals surface area contributed by atoms with E-state index < -0.39 is 0 Å². The number of benzene rings is 2. The third-order valence-electron chi connectivity index (χ3n) is 5.73. The Kier molecular flexibility index (Phi) is 6.43. The third-order valence-corrected chi connectivity index (χ3v) is 6.55. The number of carbonyl (C=O) groups excluding carboxylic acids is 1. The second-order valence-electron chi connectivity index (χ2n) is 8.06. The van der Waals surface area contributed by atoms with E-state index in [2.05, 4.69) is 57.9 Å². The molecule has 1 aliphatic rings. The van der Waals surface area contributed by atoms with E-state index in [-0.39, 0.29) is 17.9 Å². The Morgan fingerprint density at radius 2 is 1.83 bits per heavy atom. The van der Waals surface area contributed by atoms with Crippen molar-refractivity contribution in [2.75, 3.05) is 18.0 Å². The first-order chi connectivity index (χ1) is 14.6. The molecule has 1 N–H and O–H groups in total. The van der Waals surface area contributed by atoms with Crippen LogP contribution in [0.1, 0.15) is 48.3 Å². The zero-order valence-corrected chi connectivity index (χ0v) is 18.4. The molecular weight excluding hydrogens is 392 g/mol. The number of nitrogens with zero attached hydrogens (tertiary/aromatic N) is 3. The van der Waals surface area contributed by atoms with E-state index in [0.717, 1.165) is 48.9 Å². The van der Waals surface area contributed by atoms with Crippen molar-refractivity contribution in [3.05, 3.63) is 77.1 Å². The SMILES string of the molecule is Cc1ccc(Cc2nsc(N3CCC(C(=O)NC(C)c4ccccc4)CC3)n2)cc1. The van der Waals surface area contributed by atoms with Gasteiger partial charge in [0.25, 0.3) is 0 Å². The van der Waals surface area contributed by atoms with Crippen molar-refractivity contribution in [1.82, 2.24) is 14.7 Å². The van der Waals surface area contributed by atoms with E-state index in [1.807, 2.05) is 25.1 Å². The second kappa shape index (κ2) is 9.39. The normalized spacial score (nSPS) is 15.7. The van der Waals surface area contributed by atoms with Crippen molar-refractivity contribution in [2.24, 2.45) is 5.92 Å². The first-order valence-electron chi connectivity index (χ1n) is 10.6. The molecule has 0 spiro atoms. The summed E-state index contributed by atoms with van der Waals surface area (Å²) in [5.74, 6) is 1.09. The van der Waals surface area contributed by atoms with Crippen molar-refractivity contribution in [3.63, 3.8) is 0 Å². The molecule has 1 amide bonds. The number of rotatable bonds is 6. The van der Waals surface area contributed by atoms with Gasteiger partial charge in [0, 0.05) is 37.0 Å². The molecule has 2 heterocycles. The summed E-state index contributed by atoms with van der Waals surface area (Å²) in [4.78, 5) is 19.7. The average molecular weight is 421 g/mol. The number of hydrogen-bond acceptors (Lipinski definition) is 5. The summed E-state index contributed by atoms with van der Waals surface area (Å²) >= 11 is 1.46. The minimum Gasteiger partial charge on any atom is -0.349 e. The average Bonchev–Trinajstić information content (AvgIpc) is 3.24. The molecule has 6 heteroatoms. The Labute approximate surface area is 182 Å². The van der Waals surface area contributed by atoms with E-state index in [0.29, 0.717) is 0 Å². The number of aryl methyl sites for hydroxylation is 1. The van der Waals surface area contributed by atoms with Gasteiger partial charge in [-0.2, -0.15) is 4.37 Å². The van der Waals surface area contributed by atoms with Crippen LogP contribution in [0.15, 0.2) is 54.6 Å².